The molecular formula is C13H13FN2S. The molecule has 0 saturated heterocycles. The van der Waals surface area contributed by atoms with E-state index in [-0.39, 0.29) is 5.82 Å². The van der Waals surface area contributed by atoms with Crippen molar-refractivity contribution in [2.45, 2.75) is 25.3 Å². The van der Waals surface area contributed by atoms with Crippen molar-refractivity contribution < 1.29 is 4.39 Å². The quantitative estimate of drug-likeness (QED) is 0.823. The highest BCUT2D eigenvalue weighted by molar-refractivity contribution is 7.71. The largest absolute Gasteiger partial charge is 0.301 e. The zero-order chi connectivity index (χ0) is 11.8. The lowest BCUT2D eigenvalue weighted by atomic mass is 10.2. The molecule has 1 aliphatic carbocycles. The van der Waals surface area contributed by atoms with E-state index < -0.39 is 0 Å². The van der Waals surface area contributed by atoms with Crippen molar-refractivity contribution in [2.24, 2.45) is 0 Å². The van der Waals surface area contributed by atoms with Crippen LogP contribution < -0.4 is 0 Å². The molecular weight excluding hydrogens is 235 g/mol. The molecule has 0 spiro atoms. The first-order valence-electron chi connectivity index (χ1n) is 5.76. The highest BCUT2D eigenvalue weighted by atomic mass is 32.1. The van der Waals surface area contributed by atoms with Crippen LogP contribution >= 0.6 is 12.2 Å². The number of benzene rings is 1. The minimum atomic E-state index is -0.206. The number of H-pyrrole nitrogens is 1. The molecule has 1 aromatic carbocycles. The van der Waals surface area contributed by atoms with Gasteiger partial charge < -0.3 is 5.10 Å². The first-order chi connectivity index (χ1) is 8.22. The van der Waals surface area contributed by atoms with E-state index in [9.17, 15) is 4.39 Å². The van der Waals surface area contributed by atoms with Crippen LogP contribution in [0.1, 0.15) is 30.0 Å². The second-order valence-corrected chi connectivity index (χ2v) is 4.96. The van der Waals surface area contributed by atoms with Crippen LogP contribution in [0.2, 0.25) is 0 Å². The molecule has 0 aliphatic heterocycles. The van der Waals surface area contributed by atoms with Crippen LogP contribution in [0, 0.1) is 10.5 Å². The molecule has 1 saturated carbocycles. The summed E-state index contributed by atoms with van der Waals surface area (Å²) in [4.78, 5) is 0. The predicted molar refractivity (Wildman–Crippen MR) is 67.1 cm³/mol. The van der Waals surface area contributed by atoms with E-state index >= 15 is 0 Å². The van der Waals surface area contributed by atoms with Crippen LogP contribution in [-0.4, -0.2) is 9.78 Å². The van der Waals surface area contributed by atoms with Gasteiger partial charge in [-0.3, -0.25) is 4.68 Å². The molecule has 0 bridgehead atoms. The summed E-state index contributed by atoms with van der Waals surface area (Å²) in [6.45, 7) is 0.601. The van der Waals surface area contributed by atoms with Crippen molar-refractivity contribution in [2.75, 3.05) is 0 Å². The Labute approximate surface area is 104 Å². The van der Waals surface area contributed by atoms with Crippen molar-refractivity contribution in [1.29, 1.82) is 0 Å². The maximum atomic E-state index is 13.1. The maximum absolute atomic E-state index is 13.1. The van der Waals surface area contributed by atoms with Crippen molar-refractivity contribution in [1.82, 2.24) is 9.78 Å². The Morgan fingerprint density at radius 2 is 2.18 bits per heavy atom. The molecule has 3 rings (SSSR count). The first kappa shape index (κ1) is 10.7. The van der Waals surface area contributed by atoms with Gasteiger partial charge in [-0.15, -0.1) is 0 Å². The smallest absolute Gasteiger partial charge is 0.123 e. The summed E-state index contributed by atoms with van der Waals surface area (Å²) < 4.78 is 15.8. The highest BCUT2D eigenvalue weighted by Gasteiger charge is 2.25. The fourth-order valence-corrected chi connectivity index (χ4v) is 2.23. The fourth-order valence-electron chi connectivity index (χ4n) is 1.99. The third-order valence-corrected chi connectivity index (χ3v) is 3.39. The normalized spacial score (nSPS) is 15.1. The summed E-state index contributed by atoms with van der Waals surface area (Å²) in [5.41, 5.74) is 2.14. The monoisotopic (exact) mass is 248 g/mol. The molecule has 0 atom stereocenters. The van der Waals surface area contributed by atoms with E-state index in [1.165, 1.54) is 24.6 Å². The van der Waals surface area contributed by atoms with Crippen LogP contribution in [-0.2, 0) is 6.54 Å². The molecule has 1 aromatic heterocycles. The van der Waals surface area contributed by atoms with Gasteiger partial charge >= 0.3 is 0 Å². The Balaban J connectivity index is 1.87. The molecule has 0 amide bonds. The number of nitrogens with one attached hydrogen (secondary N) is 1. The average Bonchev–Trinajstić information content (AvgIpc) is 3.06. The lowest BCUT2D eigenvalue weighted by Gasteiger charge is -2.03. The third kappa shape index (κ3) is 2.31. The minimum absolute atomic E-state index is 0.206. The molecule has 1 heterocycles. The van der Waals surface area contributed by atoms with E-state index in [0.29, 0.717) is 12.5 Å². The third-order valence-electron chi connectivity index (χ3n) is 3.06. The van der Waals surface area contributed by atoms with Crippen molar-refractivity contribution in [3.63, 3.8) is 0 Å². The van der Waals surface area contributed by atoms with E-state index in [1.807, 2.05) is 16.8 Å². The van der Waals surface area contributed by atoms with Gasteiger partial charge in [-0.1, -0.05) is 24.4 Å². The summed E-state index contributed by atoms with van der Waals surface area (Å²) in [7, 11) is 0. The first-order valence-corrected chi connectivity index (χ1v) is 6.17. The van der Waals surface area contributed by atoms with Crippen molar-refractivity contribution in [3.8, 4) is 0 Å². The van der Waals surface area contributed by atoms with Crippen molar-refractivity contribution >= 4 is 12.2 Å². The van der Waals surface area contributed by atoms with Gasteiger partial charge in [-0.05, 0) is 36.6 Å². The molecule has 0 radical (unpaired) electrons. The van der Waals surface area contributed by atoms with Crippen LogP contribution in [0.4, 0.5) is 4.39 Å². The number of halogens is 1. The lowest BCUT2D eigenvalue weighted by Crippen LogP contribution is -2.02. The van der Waals surface area contributed by atoms with Crippen LogP contribution in [0.3, 0.4) is 0 Å². The van der Waals surface area contributed by atoms with Gasteiger partial charge in [0.15, 0.2) is 0 Å². The van der Waals surface area contributed by atoms with Crippen molar-refractivity contribution in [3.05, 3.63) is 52.0 Å². The molecule has 4 heteroatoms. The lowest BCUT2D eigenvalue weighted by molar-refractivity contribution is 0.617. The van der Waals surface area contributed by atoms with Crippen LogP contribution in [0.15, 0.2) is 30.3 Å². The number of hydrogen-bond donors (Lipinski definition) is 1. The van der Waals surface area contributed by atoms with E-state index in [4.69, 9.17) is 12.2 Å². The number of rotatable bonds is 3. The number of hydrogen-bond acceptors (Lipinski definition) is 1. The Hall–Kier alpha value is -1.42. The van der Waals surface area contributed by atoms with Gasteiger partial charge in [-0.2, -0.15) is 0 Å². The summed E-state index contributed by atoms with van der Waals surface area (Å²) in [6.07, 6.45) is 2.49. The standard InChI is InChI=1S/C13H13FN2S/c14-11-3-1-2-9(6-11)8-16-13(17)7-12(15-16)10-4-5-10/h1-3,6-7,10,15H,4-5,8H2. The van der Waals surface area contributed by atoms with Gasteiger partial charge in [0.25, 0.3) is 0 Å². The average molecular weight is 248 g/mol. The van der Waals surface area contributed by atoms with Crippen LogP contribution in [0.25, 0.3) is 0 Å². The second-order valence-electron chi connectivity index (χ2n) is 4.54. The molecule has 1 aliphatic rings. The minimum Gasteiger partial charge on any atom is -0.301 e. The highest BCUT2D eigenvalue weighted by Crippen LogP contribution is 2.39. The molecule has 1 N–H and O–H groups in total. The van der Waals surface area contributed by atoms with E-state index in [0.717, 1.165) is 10.2 Å². The number of aromatic amines is 1. The molecule has 2 nitrogen and oxygen atoms in total. The van der Waals surface area contributed by atoms with E-state index in [2.05, 4.69) is 5.10 Å². The molecule has 88 valence electrons. The van der Waals surface area contributed by atoms with Gasteiger partial charge in [0.2, 0.25) is 0 Å². The van der Waals surface area contributed by atoms with E-state index in [1.54, 1.807) is 12.1 Å². The Kier molecular flexibility index (Phi) is 2.59. The molecule has 2 aromatic rings. The fraction of sp³-hybridized carbons (Fsp3) is 0.308. The molecule has 1 fully saturated rings. The van der Waals surface area contributed by atoms with Gasteiger partial charge in [-0.25, -0.2) is 4.39 Å². The summed E-state index contributed by atoms with van der Waals surface area (Å²) in [6, 6.07) is 8.64. The van der Waals surface area contributed by atoms with Gasteiger partial charge in [0.05, 0.1) is 6.54 Å². The molecule has 0 unspecified atom stereocenters. The Morgan fingerprint density at radius 1 is 1.35 bits per heavy atom. The summed E-state index contributed by atoms with van der Waals surface area (Å²) in [5.74, 6) is 0.452. The summed E-state index contributed by atoms with van der Waals surface area (Å²) >= 11 is 5.29. The topological polar surface area (TPSA) is 20.7 Å². The maximum Gasteiger partial charge on any atom is 0.123 e. The number of nitrogens with zero attached hydrogens (tertiary/aromatic N) is 1. The van der Waals surface area contributed by atoms with Gasteiger partial charge in [0.1, 0.15) is 10.5 Å². The summed E-state index contributed by atoms with van der Waals surface area (Å²) in [5, 5.41) is 3.30. The Morgan fingerprint density at radius 3 is 2.88 bits per heavy atom. The SMILES string of the molecule is Fc1cccc(Cn2[nH]c(C3CC3)cc2=S)c1. The van der Waals surface area contributed by atoms with Crippen LogP contribution in [0.5, 0.6) is 0 Å². The molecule has 17 heavy (non-hydrogen) atoms. The second kappa shape index (κ2) is 4.11. The Bertz CT molecular complexity index is 595. The predicted octanol–water partition coefficient (Wildman–Crippen LogP) is 3.61. The number of aromatic nitrogens is 2. The zero-order valence-electron chi connectivity index (χ0n) is 9.32. The zero-order valence-corrected chi connectivity index (χ0v) is 10.1. The van der Waals surface area contributed by atoms with Gasteiger partial charge in [0, 0.05) is 11.6 Å².